The van der Waals surface area contributed by atoms with E-state index < -0.39 is 0 Å². The predicted molar refractivity (Wildman–Crippen MR) is 86.7 cm³/mol. The molecule has 0 aromatic heterocycles. The second kappa shape index (κ2) is 5.43. The Hall–Kier alpha value is -1.38. The molecule has 2 nitrogen and oxygen atoms in total. The van der Waals surface area contributed by atoms with Crippen LogP contribution in [0, 0.1) is 0 Å². The van der Waals surface area contributed by atoms with Crippen molar-refractivity contribution in [2.24, 2.45) is 0 Å². The monoisotopic (exact) mass is 281 g/mol. The summed E-state index contributed by atoms with van der Waals surface area (Å²) >= 11 is 0. The summed E-state index contributed by atoms with van der Waals surface area (Å²) < 4.78 is 5.98. The van der Waals surface area contributed by atoms with Crippen LogP contribution in [-0.2, 0) is 17.6 Å². The molecule has 21 heavy (non-hydrogen) atoms. The molecule has 0 radical (unpaired) electrons. The molecule has 1 aliphatic heterocycles. The van der Waals surface area contributed by atoms with Crippen LogP contribution in [0.4, 0.5) is 0 Å². The normalized spacial score (nSPS) is 22.0. The number of aryl methyl sites for hydroxylation is 2. The van der Waals surface area contributed by atoms with Crippen LogP contribution in [0.5, 0.6) is 0 Å². The molecule has 4 rings (SSSR count). The van der Waals surface area contributed by atoms with Crippen molar-refractivity contribution in [1.29, 1.82) is 0 Å². The molecule has 2 atom stereocenters. The minimum absolute atomic E-state index is 0.322. The Morgan fingerprint density at radius 1 is 1.19 bits per heavy atom. The SMILES string of the molecule is CCNC(c1ccc2c3c(cccc13)CC2)C1CCCO1. The third-order valence-electron chi connectivity index (χ3n) is 5.01. The Labute approximate surface area is 126 Å². The van der Waals surface area contributed by atoms with Gasteiger partial charge in [-0.15, -0.1) is 0 Å². The highest BCUT2D eigenvalue weighted by atomic mass is 16.5. The van der Waals surface area contributed by atoms with Crippen molar-refractivity contribution in [1.82, 2.24) is 5.32 Å². The summed E-state index contributed by atoms with van der Waals surface area (Å²) in [6, 6.07) is 11.8. The van der Waals surface area contributed by atoms with E-state index in [-0.39, 0.29) is 0 Å². The Morgan fingerprint density at radius 3 is 2.81 bits per heavy atom. The quantitative estimate of drug-likeness (QED) is 0.921. The summed E-state index contributed by atoms with van der Waals surface area (Å²) in [6.07, 6.45) is 5.07. The van der Waals surface area contributed by atoms with Crippen molar-refractivity contribution in [3.63, 3.8) is 0 Å². The van der Waals surface area contributed by atoms with Gasteiger partial charge in [0.1, 0.15) is 0 Å². The Kier molecular flexibility index (Phi) is 3.44. The maximum atomic E-state index is 5.98. The molecule has 2 heteroatoms. The topological polar surface area (TPSA) is 21.3 Å². The van der Waals surface area contributed by atoms with Crippen molar-refractivity contribution in [3.05, 3.63) is 47.0 Å². The van der Waals surface area contributed by atoms with Crippen molar-refractivity contribution in [2.75, 3.05) is 13.2 Å². The van der Waals surface area contributed by atoms with Gasteiger partial charge in [0.2, 0.25) is 0 Å². The van der Waals surface area contributed by atoms with Gasteiger partial charge in [-0.25, -0.2) is 0 Å². The van der Waals surface area contributed by atoms with Gasteiger partial charge in [-0.1, -0.05) is 37.3 Å². The molecule has 0 amide bonds. The molecular formula is C19H23NO. The van der Waals surface area contributed by atoms with Gasteiger partial charge in [0.05, 0.1) is 12.1 Å². The summed E-state index contributed by atoms with van der Waals surface area (Å²) in [6.45, 7) is 4.07. The molecule has 0 saturated carbocycles. The average molecular weight is 281 g/mol. The zero-order chi connectivity index (χ0) is 14.2. The third-order valence-corrected chi connectivity index (χ3v) is 5.01. The van der Waals surface area contributed by atoms with Gasteiger partial charge in [0, 0.05) is 6.61 Å². The van der Waals surface area contributed by atoms with E-state index in [0.29, 0.717) is 12.1 Å². The molecule has 2 aromatic rings. The molecule has 1 aliphatic carbocycles. The van der Waals surface area contributed by atoms with Gasteiger partial charge in [-0.2, -0.15) is 0 Å². The molecule has 0 spiro atoms. The molecular weight excluding hydrogens is 258 g/mol. The van der Waals surface area contributed by atoms with Crippen LogP contribution in [0.3, 0.4) is 0 Å². The first-order chi connectivity index (χ1) is 10.4. The van der Waals surface area contributed by atoms with E-state index in [2.05, 4.69) is 42.6 Å². The smallest absolute Gasteiger partial charge is 0.0770 e. The highest BCUT2D eigenvalue weighted by Crippen LogP contribution is 2.37. The van der Waals surface area contributed by atoms with Crippen molar-refractivity contribution in [3.8, 4) is 0 Å². The van der Waals surface area contributed by atoms with Gasteiger partial charge in [0.15, 0.2) is 0 Å². The van der Waals surface area contributed by atoms with Crippen molar-refractivity contribution < 1.29 is 4.74 Å². The third kappa shape index (κ3) is 2.18. The lowest BCUT2D eigenvalue weighted by atomic mass is 9.92. The van der Waals surface area contributed by atoms with Gasteiger partial charge < -0.3 is 10.1 Å². The number of benzene rings is 2. The Bertz CT molecular complexity index is 648. The fourth-order valence-corrected chi connectivity index (χ4v) is 4.07. The van der Waals surface area contributed by atoms with Crippen LogP contribution in [-0.4, -0.2) is 19.3 Å². The first-order valence-corrected chi connectivity index (χ1v) is 8.27. The molecule has 1 saturated heterocycles. The van der Waals surface area contributed by atoms with E-state index in [1.54, 1.807) is 0 Å². The van der Waals surface area contributed by atoms with E-state index in [1.165, 1.54) is 53.1 Å². The van der Waals surface area contributed by atoms with Gasteiger partial charge in [-0.05, 0) is 59.7 Å². The number of hydrogen-bond acceptors (Lipinski definition) is 2. The predicted octanol–water partition coefficient (Wildman–Crippen LogP) is 3.77. The van der Waals surface area contributed by atoms with Crippen molar-refractivity contribution in [2.45, 2.75) is 44.8 Å². The minimum atomic E-state index is 0.322. The lowest BCUT2D eigenvalue weighted by molar-refractivity contribution is 0.0792. The summed E-state index contributed by atoms with van der Waals surface area (Å²) in [7, 11) is 0. The number of rotatable bonds is 4. The first kappa shape index (κ1) is 13.3. The minimum Gasteiger partial charge on any atom is -0.376 e. The van der Waals surface area contributed by atoms with Gasteiger partial charge in [0.25, 0.3) is 0 Å². The second-order valence-electron chi connectivity index (χ2n) is 6.24. The molecule has 0 bridgehead atoms. The molecule has 1 fully saturated rings. The molecule has 1 N–H and O–H groups in total. The largest absolute Gasteiger partial charge is 0.376 e. The van der Waals surface area contributed by atoms with Crippen LogP contribution in [0.15, 0.2) is 30.3 Å². The molecule has 2 unspecified atom stereocenters. The summed E-state index contributed by atoms with van der Waals surface area (Å²) in [5, 5.41) is 6.61. The fraction of sp³-hybridized carbons (Fsp3) is 0.474. The van der Waals surface area contributed by atoms with E-state index in [0.717, 1.165) is 13.2 Å². The lowest BCUT2D eigenvalue weighted by Gasteiger charge is -2.26. The van der Waals surface area contributed by atoms with Crippen LogP contribution in [0.2, 0.25) is 0 Å². The summed E-state index contributed by atoms with van der Waals surface area (Å²) in [5.74, 6) is 0. The molecule has 2 aromatic carbocycles. The zero-order valence-electron chi connectivity index (χ0n) is 12.7. The van der Waals surface area contributed by atoms with Gasteiger partial charge >= 0.3 is 0 Å². The van der Waals surface area contributed by atoms with Gasteiger partial charge in [-0.3, -0.25) is 0 Å². The summed E-state index contributed by atoms with van der Waals surface area (Å²) in [4.78, 5) is 0. The van der Waals surface area contributed by atoms with E-state index in [1.807, 2.05) is 0 Å². The van der Waals surface area contributed by atoms with E-state index in [9.17, 15) is 0 Å². The molecule has 2 aliphatic rings. The van der Waals surface area contributed by atoms with E-state index >= 15 is 0 Å². The average Bonchev–Trinajstić information content (AvgIpc) is 3.17. The maximum Gasteiger partial charge on any atom is 0.0770 e. The first-order valence-electron chi connectivity index (χ1n) is 8.27. The highest BCUT2D eigenvalue weighted by molar-refractivity contribution is 5.93. The number of ether oxygens (including phenoxy) is 1. The number of hydrogen-bond donors (Lipinski definition) is 1. The number of likely N-dealkylation sites (N-methyl/N-ethyl adjacent to an activating group) is 1. The highest BCUT2D eigenvalue weighted by Gasteiger charge is 2.29. The number of nitrogens with one attached hydrogen (secondary N) is 1. The van der Waals surface area contributed by atoms with Crippen LogP contribution in [0.25, 0.3) is 10.8 Å². The fourth-order valence-electron chi connectivity index (χ4n) is 4.07. The zero-order valence-corrected chi connectivity index (χ0v) is 12.7. The van der Waals surface area contributed by atoms with Crippen LogP contribution < -0.4 is 5.32 Å². The standard InChI is InChI=1S/C19H23NO/c1-2-20-19(17-7-4-12-21-17)16-11-10-14-9-8-13-5-3-6-15(16)18(13)14/h3,5-6,10-11,17,19-20H,2,4,7-9,12H2,1H3. The molecule has 110 valence electrons. The maximum absolute atomic E-state index is 5.98. The van der Waals surface area contributed by atoms with Crippen LogP contribution >= 0.6 is 0 Å². The van der Waals surface area contributed by atoms with E-state index in [4.69, 9.17) is 4.74 Å². The van der Waals surface area contributed by atoms with Crippen LogP contribution in [0.1, 0.15) is 42.5 Å². The molecule has 1 heterocycles. The second-order valence-corrected chi connectivity index (χ2v) is 6.24. The summed E-state index contributed by atoms with van der Waals surface area (Å²) in [5.41, 5.74) is 4.46. The lowest BCUT2D eigenvalue weighted by Crippen LogP contribution is -2.31. The van der Waals surface area contributed by atoms with Crippen molar-refractivity contribution >= 4 is 10.8 Å². The Balaban J connectivity index is 1.85. The Morgan fingerprint density at radius 2 is 2.05 bits per heavy atom.